The van der Waals surface area contributed by atoms with Crippen LogP contribution >= 0.6 is 11.3 Å². The van der Waals surface area contributed by atoms with Crippen LogP contribution in [0.25, 0.3) is 0 Å². The smallest absolute Gasteiger partial charge is 0.226 e. The normalized spacial score (nSPS) is 11.6. The fourth-order valence-electron chi connectivity index (χ4n) is 2.39. The number of nitrogens with zero attached hydrogens (tertiary/aromatic N) is 2. The van der Waals surface area contributed by atoms with E-state index in [1.807, 2.05) is 36.6 Å². The van der Waals surface area contributed by atoms with Gasteiger partial charge in [-0.05, 0) is 32.4 Å². The van der Waals surface area contributed by atoms with Crippen LogP contribution in [0, 0.1) is 6.92 Å². The SMILES string of the molecule is CCS(=O)(=O)N(C)CCCNC(=O)Cc1csc(COc2ccc(C)cc2)n1. The Morgan fingerprint density at radius 3 is 2.68 bits per heavy atom. The molecule has 0 fully saturated rings. The van der Waals surface area contributed by atoms with Crippen molar-refractivity contribution >= 4 is 27.3 Å². The third kappa shape index (κ3) is 7.21. The van der Waals surface area contributed by atoms with Crippen LogP contribution in [-0.4, -0.2) is 49.5 Å². The standard InChI is InChI=1S/C19H27N3O4S2/c1-4-28(24,25)22(3)11-5-10-20-18(23)12-16-14-27-19(21-16)13-26-17-8-6-15(2)7-9-17/h6-9,14H,4-5,10-13H2,1-3H3,(H,20,23). The highest BCUT2D eigenvalue weighted by Gasteiger charge is 2.14. The minimum absolute atomic E-state index is 0.0790. The molecule has 0 aliphatic carbocycles. The van der Waals surface area contributed by atoms with Crippen LogP contribution in [0.3, 0.4) is 0 Å². The number of ether oxygens (including phenoxy) is 1. The topological polar surface area (TPSA) is 88.6 Å². The van der Waals surface area contributed by atoms with Crippen molar-refractivity contribution in [2.45, 2.75) is 33.3 Å². The molecular formula is C19H27N3O4S2. The number of carbonyl (C=O) groups excluding carboxylic acids is 1. The fourth-order valence-corrected chi connectivity index (χ4v) is 3.95. The number of thiazole rings is 1. The quantitative estimate of drug-likeness (QED) is 0.559. The Hall–Kier alpha value is -1.97. The van der Waals surface area contributed by atoms with Crippen molar-refractivity contribution in [1.29, 1.82) is 0 Å². The second-order valence-corrected chi connectivity index (χ2v) is 9.74. The molecule has 28 heavy (non-hydrogen) atoms. The van der Waals surface area contributed by atoms with Gasteiger partial charge in [0.05, 0.1) is 17.9 Å². The summed E-state index contributed by atoms with van der Waals surface area (Å²) in [6.45, 7) is 4.81. The van der Waals surface area contributed by atoms with E-state index in [0.717, 1.165) is 10.8 Å². The monoisotopic (exact) mass is 425 g/mol. The van der Waals surface area contributed by atoms with E-state index < -0.39 is 10.0 Å². The second-order valence-electron chi connectivity index (χ2n) is 6.44. The van der Waals surface area contributed by atoms with E-state index in [1.54, 1.807) is 14.0 Å². The van der Waals surface area contributed by atoms with Crippen LogP contribution < -0.4 is 10.1 Å². The molecule has 2 rings (SSSR count). The summed E-state index contributed by atoms with van der Waals surface area (Å²) in [6.07, 6.45) is 0.762. The van der Waals surface area contributed by atoms with Crippen molar-refractivity contribution in [3.63, 3.8) is 0 Å². The molecule has 0 unspecified atom stereocenters. The lowest BCUT2D eigenvalue weighted by atomic mass is 10.2. The van der Waals surface area contributed by atoms with Gasteiger partial charge >= 0.3 is 0 Å². The molecule has 0 saturated heterocycles. The van der Waals surface area contributed by atoms with Crippen LogP contribution in [0.5, 0.6) is 5.75 Å². The highest BCUT2D eigenvalue weighted by Crippen LogP contribution is 2.16. The van der Waals surface area contributed by atoms with Crippen molar-refractivity contribution in [3.8, 4) is 5.75 Å². The summed E-state index contributed by atoms with van der Waals surface area (Å²) in [5, 5.41) is 5.47. The van der Waals surface area contributed by atoms with E-state index in [0.29, 0.717) is 31.8 Å². The Morgan fingerprint density at radius 2 is 2.00 bits per heavy atom. The predicted octanol–water partition coefficient (Wildman–Crippen LogP) is 2.36. The van der Waals surface area contributed by atoms with E-state index in [4.69, 9.17) is 4.74 Å². The first-order valence-electron chi connectivity index (χ1n) is 9.13. The molecule has 1 aromatic carbocycles. The van der Waals surface area contributed by atoms with Gasteiger partial charge in [-0.1, -0.05) is 17.7 Å². The molecule has 0 bridgehead atoms. The lowest BCUT2D eigenvalue weighted by molar-refractivity contribution is -0.120. The number of benzene rings is 1. The van der Waals surface area contributed by atoms with E-state index in [1.165, 1.54) is 21.2 Å². The summed E-state index contributed by atoms with van der Waals surface area (Å²) < 4.78 is 30.3. The highest BCUT2D eigenvalue weighted by molar-refractivity contribution is 7.89. The molecule has 0 aliphatic heterocycles. The van der Waals surface area contributed by atoms with Gasteiger partial charge in [-0.2, -0.15) is 0 Å². The molecule has 9 heteroatoms. The number of hydrogen-bond donors (Lipinski definition) is 1. The highest BCUT2D eigenvalue weighted by atomic mass is 32.2. The molecule has 0 aliphatic rings. The molecule has 0 atom stereocenters. The number of sulfonamides is 1. The molecule has 154 valence electrons. The third-order valence-corrected chi connectivity index (χ3v) is 6.87. The van der Waals surface area contributed by atoms with Crippen molar-refractivity contribution in [3.05, 3.63) is 45.9 Å². The molecule has 0 radical (unpaired) electrons. The van der Waals surface area contributed by atoms with E-state index in [-0.39, 0.29) is 18.1 Å². The molecule has 7 nitrogen and oxygen atoms in total. The molecule has 1 amide bonds. The first-order valence-corrected chi connectivity index (χ1v) is 11.6. The number of rotatable bonds is 11. The maximum absolute atomic E-state index is 12.0. The Kier molecular flexibility index (Phi) is 8.40. The number of amides is 1. The molecule has 0 saturated carbocycles. The summed E-state index contributed by atoms with van der Waals surface area (Å²) in [4.78, 5) is 16.4. The van der Waals surface area contributed by atoms with Gasteiger partial charge in [0.15, 0.2) is 0 Å². The Labute approximate surface area is 170 Å². The van der Waals surface area contributed by atoms with E-state index >= 15 is 0 Å². The first kappa shape index (κ1) is 22.3. The maximum atomic E-state index is 12.0. The Bertz CT molecular complexity index is 864. The summed E-state index contributed by atoms with van der Waals surface area (Å²) in [5.41, 5.74) is 1.88. The summed E-state index contributed by atoms with van der Waals surface area (Å²) >= 11 is 1.46. The van der Waals surface area contributed by atoms with Crippen molar-refractivity contribution in [2.24, 2.45) is 0 Å². The minimum atomic E-state index is -3.17. The zero-order chi connectivity index (χ0) is 20.6. The summed E-state index contributed by atoms with van der Waals surface area (Å²) in [5.74, 6) is 0.739. The zero-order valence-electron chi connectivity index (χ0n) is 16.5. The van der Waals surface area contributed by atoms with Crippen LogP contribution in [0.1, 0.15) is 29.6 Å². The first-order chi connectivity index (χ1) is 13.3. The molecule has 1 aromatic heterocycles. The number of aryl methyl sites for hydroxylation is 1. The number of aromatic nitrogens is 1. The number of carbonyl (C=O) groups is 1. The summed E-state index contributed by atoms with van der Waals surface area (Å²) in [7, 11) is -1.62. The van der Waals surface area contributed by atoms with Gasteiger partial charge in [-0.25, -0.2) is 17.7 Å². The minimum Gasteiger partial charge on any atom is -0.486 e. The average Bonchev–Trinajstić information content (AvgIpc) is 3.11. The maximum Gasteiger partial charge on any atom is 0.226 e. The largest absolute Gasteiger partial charge is 0.486 e. The molecule has 0 spiro atoms. The molecular weight excluding hydrogens is 398 g/mol. The van der Waals surface area contributed by atoms with Crippen molar-refractivity contribution in [2.75, 3.05) is 25.9 Å². The van der Waals surface area contributed by atoms with Crippen LogP contribution in [0.15, 0.2) is 29.6 Å². The Morgan fingerprint density at radius 1 is 1.29 bits per heavy atom. The lowest BCUT2D eigenvalue weighted by Crippen LogP contribution is -2.32. The van der Waals surface area contributed by atoms with Crippen molar-refractivity contribution < 1.29 is 17.9 Å². The lowest BCUT2D eigenvalue weighted by Gasteiger charge is -2.15. The second kappa shape index (κ2) is 10.5. The Balaban J connectivity index is 1.69. The van der Waals surface area contributed by atoms with E-state index in [2.05, 4.69) is 10.3 Å². The van der Waals surface area contributed by atoms with Crippen molar-refractivity contribution in [1.82, 2.24) is 14.6 Å². The van der Waals surface area contributed by atoms with Gasteiger partial charge in [0.25, 0.3) is 0 Å². The molecule has 1 heterocycles. The predicted molar refractivity (Wildman–Crippen MR) is 111 cm³/mol. The summed E-state index contributed by atoms with van der Waals surface area (Å²) in [6, 6.07) is 7.81. The van der Waals surface area contributed by atoms with Gasteiger partial charge in [0.1, 0.15) is 17.4 Å². The molecule has 1 N–H and O–H groups in total. The molecule has 2 aromatic rings. The van der Waals surface area contributed by atoms with E-state index in [9.17, 15) is 13.2 Å². The third-order valence-electron chi connectivity index (χ3n) is 4.14. The zero-order valence-corrected chi connectivity index (χ0v) is 18.1. The fraction of sp³-hybridized carbons (Fsp3) is 0.474. The van der Waals surface area contributed by atoms with Gasteiger partial charge in [-0.3, -0.25) is 4.79 Å². The van der Waals surface area contributed by atoms with Crippen LogP contribution in [0.2, 0.25) is 0 Å². The van der Waals surface area contributed by atoms with Crippen LogP contribution in [0.4, 0.5) is 0 Å². The average molecular weight is 426 g/mol. The number of hydrogen-bond acceptors (Lipinski definition) is 6. The van der Waals surface area contributed by atoms with Gasteiger partial charge in [0.2, 0.25) is 15.9 Å². The number of nitrogens with one attached hydrogen (secondary N) is 1. The van der Waals surface area contributed by atoms with Gasteiger partial charge in [0, 0.05) is 25.5 Å². The van der Waals surface area contributed by atoms with Crippen LogP contribution in [-0.2, 0) is 27.8 Å². The van der Waals surface area contributed by atoms with Gasteiger partial charge < -0.3 is 10.1 Å². The van der Waals surface area contributed by atoms with Gasteiger partial charge in [-0.15, -0.1) is 11.3 Å².